The molecule has 0 aliphatic carbocycles. The molecule has 0 radical (unpaired) electrons. The Morgan fingerprint density at radius 3 is 2.27 bits per heavy atom. The van der Waals surface area contributed by atoms with Crippen molar-refractivity contribution in [1.82, 2.24) is 0 Å². The Morgan fingerprint density at radius 2 is 1.91 bits per heavy atom. The lowest BCUT2D eigenvalue weighted by atomic mass is 10.1. The van der Waals surface area contributed by atoms with Gasteiger partial charge in [0.25, 0.3) is 0 Å². The molecule has 0 rings (SSSR count). The van der Waals surface area contributed by atoms with Gasteiger partial charge in [-0.1, -0.05) is 26.0 Å². The Kier molecular flexibility index (Phi) is 4.59. The first-order valence-electron chi connectivity index (χ1n) is 3.75. The molecule has 64 valence electrons. The van der Waals surface area contributed by atoms with E-state index in [-0.39, 0.29) is 11.7 Å². The molecule has 0 saturated carbocycles. The van der Waals surface area contributed by atoms with Crippen LogP contribution in [0.2, 0.25) is 0 Å². The second kappa shape index (κ2) is 4.94. The standard InChI is InChI=1S/C9H15FO/c1-7(2)9(11)6-4-5-8(3)10/h4-8,11H,1-3H3/b5-4-,9-6+. The van der Waals surface area contributed by atoms with Crippen LogP contribution >= 0.6 is 0 Å². The zero-order chi connectivity index (χ0) is 8.85. The summed E-state index contributed by atoms with van der Waals surface area (Å²) >= 11 is 0. The predicted octanol–water partition coefficient (Wildman–Crippen LogP) is 3.00. The quantitative estimate of drug-likeness (QED) is 0.494. The Hall–Kier alpha value is -0.790. The SMILES string of the molecule is CC(F)/C=C\C=C(\O)C(C)C. The van der Waals surface area contributed by atoms with Gasteiger partial charge >= 0.3 is 0 Å². The minimum atomic E-state index is -0.953. The third-order valence-electron chi connectivity index (χ3n) is 1.23. The lowest BCUT2D eigenvalue weighted by molar-refractivity contribution is 0.352. The van der Waals surface area contributed by atoms with Gasteiger partial charge in [-0.2, -0.15) is 0 Å². The van der Waals surface area contributed by atoms with Crippen molar-refractivity contribution in [1.29, 1.82) is 0 Å². The van der Waals surface area contributed by atoms with Crippen LogP contribution in [-0.2, 0) is 0 Å². The fraction of sp³-hybridized carbons (Fsp3) is 0.556. The first-order chi connectivity index (χ1) is 5.04. The van der Waals surface area contributed by atoms with Gasteiger partial charge in [0.15, 0.2) is 0 Å². The molecule has 0 spiro atoms. The average molecular weight is 158 g/mol. The Balaban J connectivity index is 3.91. The fourth-order valence-electron chi connectivity index (χ4n) is 0.500. The van der Waals surface area contributed by atoms with Gasteiger partial charge in [-0.25, -0.2) is 4.39 Å². The highest BCUT2D eigenvalue weighted by atomic mass is 19.1. The van der Waals surface area contributed by atoms with Crippen molar-refractivity contribution in [2.45, 2.75) is 26.9 Å². The second-order valence-corrected chi connectivity index (χ2v) is 2.81. The van der Waals surface area contributed by atoms with E-state index in [1.165, 1.54) is 25.2 Å². The molecule has 1 N–H and O–H groups in total. The van der Waals surface area contributed by atoms with Crippen molar-refractivity contribution in [2.75, 3.05) is 0 Å². The predicted molar refractivity (Wildman–Crippen MR) is 45.3 cm³/mol. The summed E-state index contributed by atoms with van der Waals surface area (Å²) in [7, 11) is 0. The zero-order valence-corrected chi connectivity index (χ0v) is 7.21. The third kappa shape index (κ3) is 5.64. The number of aliphatic hydroxyl groups is 1. The van der Waals surface area contributed by atoms with Crippen molar-refractivity contribution in [3.63, 3.8) is 0 Å². The average Bonchev–Trinajstić information content (AvgIpc) is 1.86. The zero-order valence-electron chi connectivity index (χ0n) is 7.21. The van der Waals surface area contributed by atoms with Gasteiger partial charge in [-0.15, -0.1) is 0 Å². The highest BCUT2D eigenvalue weighted by molar-refractivity contribution is 5.09. The lowest BCUT2D eigenvalue weighted by Gasteiger charge is -2.00. The van der Waals surface area contributed by atoms with Gasteiger partial charge in [0.2, 0.25) is 0 Å². The molecule has 0 aromatic rings. The van der Waals surface area contributed by atoms with Crippen molar-refractivity contribution in [3.05, 3.63) is 24.0 Å². The topological polar surface area (TPSA) is 20.2 Å². The summed E-state index contributed by atoms with van der Waals surface area (Å²) in [6, 6.07) is 0. The van der Waals surface area contributed by atoms with E-state index >= 15 is 0 Å². The lowest BCUT2D eigenvalue weighted by Crippen LogP contribution is -1.91. The fourth-order valence-corrected chi connectivity index (χ4v) is 0.500. The van der Waals surface area contributed by atoms with Gasteiger partial charge in [-0.3, -0.25) is 0 Å². The van der Waals surface area contributed by atoms with E-state index in [0.29, 0.717) is 0 Å². The molecular weight excluding hydrogens is 143 g/mol. The monoisotopic (exact) mass is 158 g/mol. The van der Waals surface area contributed by atoms with Crippen LogP contribution in [0.4, 0.5) is 4.39 Å². The molecular formula is C9H15FO. The molecule has 0 amide bonds. The molecule has 0 aliphatic rings. The van der Waals surface area contributed by atoms with Crippen molar-refractivity contribution in [2.24, 2.45) is 5.92 Å². The van der Waals surface area contributed by atoms with Crippen LogP contribution in [0.5, 0.6) is 0 Å². The van der Waals surface area contributed by atoms with Gasteiger partial charge in [0, 0.05) is 5.92 Å². The molecule has 0 saturated heterocycles. The molecule has 0 aromatic heterocycles. The number of allylic oxidation sites excluding steroid dienone is 4. The van der Waals surface area contributed by atoms with Crippen LogP contribution in [0.15, 0.2) is 24.0 Å². The number of alkyl halides is 1. The summed E-state index contributed by atoms with van der Waals surface area (Å²) in [5.41, 5.74) is 0. The Bertz CT molecular complexity index is 157. The van der Waals surface area contributed by atoms with E-state index in [4.69, 9.17) is 5.11 Å². The van der Waals surface area contributed by atoms with E-state index in [9.17, 15) is 4.39 Å². The normalized spacial score (nSPS) is 16.3. The summed E-state index contributed by atoms with van der Waals surface area (Å²) < 4.78 is 12.2. The first-order valence-corrected chi connectivity index (χ1v) is 3.75. The largest absolute Gasteiger partial charge is 0.512 e. The van der Waals surface area contributed by atoms with Gasteiger partial charge in [0.05, 0.1) is 5.76 Å². The van der Waals surface area contributed by atoms with Crippen molar-refractivity contribution >= 4 is 0 Å². The van der Waals surface area contributed by atoms with Gasteiger partial charge in [0.1, 0.15) is 6.17 Å². The number of halogens is 1. The maximum atomic E-state index is 12.2. The third-order valence-corrected chi connectivity index (χ3v) is 1.23. The highest BCUT2D eigenvalue weighted by Gasteiger charge is 1.96. The molecule has 0 aliphatic heterocycles. The molecule has 0 fully saturated rings. The maximum Gasteiger partial charge on any atom is 0.116 e. The van der Waals surface area contributed by atoms with Gasteiger partial charge < -0.3 is 5.11 Å². The molecule has 1 nitrogen and oxygen atoms in total. The van der Waals surface area contributed by atoms with E-state index < -0.39 is 6.17 Å². The molecule has 0 heterocycles. The molecule has 1 atom stereocenters. The van der Waals surface area contributed by atoms with Crippen LogP contribution in [0, 0.1) is 5.92 Å². The molecule has 0 aromatic carbocycles. The van der Waals surface area contributed by atoms with E-state index in [0.717, 1.165) is 0 Å². The highest BCUT2D eigenvalue weighted by Crippen LogP contribution is 2.04. The van der Waals surface area contributed by atoms with Crippen molar-refractivity contribution < 1.29 is 9.50 Å². The van der Waals surface area contributed by atoms with Crippen LogP contribution in [0.3, 0.4) is 0 Å². The first kappa shape index (κ1) is 10.2. The molecule has 1 unspecified atom stereocenters. The number of hydrogen-bond donors (Lipinski definition) is 1. The summed E-state index contributed by atoms with van der Waals surface area (Å²) in [6.07, 6.45) is 3.48. The minimum absolute atomic E-state index is 0.106. The number of hydrogen-bond acceptors (Lipinski definition) is 1. The van der Waals surface area contributed by atoms with Crippen LogP contribution in [-0.4, -0.2) is 11.3 Å². The van der Waals surface area contributed by atoms with Crippen molar-refractivity contribution in [3.8, 4) is 0 Å². The minimum Gasteiger partial charge on any atom is -0.512 e. The summed E-state index contributed by atoms with van der Waals surface area (Å²) in [4.78, 5) is 0. The Labute approximate surface area is 67.2 Å². The van der Waals surface area contributed by atoms with Crippen LogP contribution in [0.1, 0.15) is 20.8 Å². The van der Waals surface area contributed by atoms with Crippen LogP contribution in [0.25, 0.3) is 0 Å². The molecule has 2 heteroatoms. The summed E-state index contributed by atoms with van der Waals surface area (Å²) in [5, 5.41) is 9.13. The van der Waals surface area contributed by atoms with Gasteiger partial charge in [-0.05, 0) is 13.0 Å². The molecule has 11 heavy (non-hydrogen) atoms. The number of rotatable bonds is 3. The second-order valence-electron chi connectivity index (χ2n) is 2.81. The Morgan fingerprint density at radius 1 is 1.36 bits per heavy atom. The smallest absolute Gasteiger partial charge is 0.116 e. The molecule has 0 bridgehead atoms. The van der Waals surface area contributed by atoms with E-state index in [2.05, 4.69) is 0 Å². The summed E-state index contributed by atoms with van der Waals surface area (Å²) in [5.74, 6) is 0.386. The van der Waals surface area contributed by atoms with E-state index in [1.54, 1.807) is 0 Å². The number of aliphatic hydroxyl groups excluding tert-OH is 1. The van der Waals surface area contributed by atoms with Crippen LogP contribution < -0.4 is 0 Å². The summed E-state index contributed by atoms with van der Waals surface area (Å²) in [6.45, 7) is 5.19. The maximum absolute atomic E-state index is 12.2. The van der Waals surface area contributed by atoms with E-state index in [1.807, 2.05) is 13.8 Å².